The molecule has 0 saturated heterocycles. The number of halogens is 2. The highest BCUT2D eigenvalue weighted by Gasteiger charge is 2.13. The maximum atomic E-state index is 6.29. The Hall–Kier alpha value is -1.03. The van der Waals surface area contributed by atoms with Crippen LogP contribution in [0.3, 0.4) is 0 Å². The number of hydrogen-bond donors (Lipinski definition) is 1. The smallest absolute Gasteiger partial charge is 0.119 e. The van der Waals surface area contributed by atoms with Gasteiger partial charge in [-0.15, -0.1) is 0 Å². The Bertz CT molecular complexity index is 584. The van der Waals surface area contributed by atoms with Crippen molar-refractivity contribution in [3.63, 3.8) is 0 Å². The summed E-state index contributed by atoms with van der Waals surface area (Å²) < 4.78 is 6.59. The molecule has 2 aromatic carbocycles. The van der Waals surface area contributed by atoms with E-state index in [1.54, 1.807) is 0 Å². The molecular formula is C16H17BrClNO. The minimum Gasteiger partial charge on any atom is -0.491 e. The molecule has 0 spiro atoms. The van der Waals surface area contributed by atoms with Crippen molar-refractivity contribution in [1.82, 2.24) is 0 Å². The van der Waals surface area contributed by atoms with Gasteiger partial charge in [-0.05, 0) is 55.3 Å². The van der Waals surface area contributed by atoms with Crippen LogP contribution in [0.2, 0.25) is 5.02 Å². The maximum absolute atomic E-state index is 6.29. The second-order valence-corrected chi connectivity index (χ2v) is 6.20. The molecule has 2 nitrogen and oxygen atoms in total. The highest BCUT2D eigenvalue weighted by atomic mass is 79.9. The molecule has 0 heterocycles. The average molecular weight is 355 g/mol. The van der Waals surface area contributed by atoms with Crippen molar-refractivity contribution < 1.29 is 4.74 Å². The van der Waals surface area contributed by atoms with Gasteiger partial charge in [-0.25, -0.2) is 0 Å². The Morgan fingerprint density at radius 3 is 2.35 bits per heavy atom. The zero-order valence-corrected chi connectivity index (χ0v) is 13.8. The van der Waals surface area contributed by atoms with Crippen molar-refractivity contribution in [3.8, 4) is 5.75 Å². The van der Waals surface area contributed by atoms with E-state index in [1.807, 2.05) is 56.3 Å². The molecule has 0 aliphatic heterocycles. The normalized spacial score (nSPS) is 12.5. The lowest BCUT2D eigenvalue weighted by Gasteiger charge is -2.16. The lowest BCUT2D eigenvalue weighted by Crippen LogP contribution is -2.12. The Morgan fingerprint density at radius 1 is 1.10 bits per heavy atom. The third-order valence-corrected chi connectivity index (χ3v) is 3.74. The standard InChI is InChI=1S/C16H17BrClNO/c1-10(2)20-13-6-3-11(4-7-13)16(19)14-9-12(17)5-8-15(14)18/h3-10,16H,19H2,1-2H3. The molecule has 2 rings (SSSR count). The molecule has 0 bridgehead atoms. The second-order valence-electron chi connectivity index (χ2n) is 4.88. The first-order chi connectivity index (χ1) is 9.47. The Morgan fingerprint density at radius 2 is 1.75 bits per heavy atom. The summed E-state index contributed by atoms with van der Waals surface area (Å²) in [6, 6.07) is 13.2. The van der Waals surface area contributed by atoms with Gasteiger partial charge in [0.2, 0.25) is 0 Å². The quantitative estimate of drug-likeness (QED) is 0.844. The molecule has 2 aromatic rings. The van der Waals surface area contributed by atoms with Gasteiger partial charge in [0.05, 0.1) is 12.1 Å². The fourth-order valence-corrected chi connectivity index (χ4v) is 2.57. The Kier molecular flexibility index (Phi) is 5.08. The van der Waals surface area contributed by atoms with Crippen molar-refractivity contribution in [2.45, 2.75) is 26.0 Å². The van der Waals surface area contributed by atoms with E-state index in [9.17, 15) is 0 Å². The molecule has 106 valence electrons. The summed E-state index contributed by atoms with van der Waals surface area (Å²) in [5.41, 5.74) is 8.19. The molecule has 0 fully saturated rings. The molecule has 20 heavy (non-hydrogen) atoms. The monoisotopic (exact) mass is 353 g/mol. The van der Waals surface area contributed by atoms with Crippen LogP contribution in [-0.4, -0.2) is 6.10 Å². The number of nitrogens with two attached hydrogens (primary N) is 1. The molecule has 0 saturated carbocycles. The molecule has 0 aliphatic rings. The third kappa shape index (κ3) is 3.75. The molecule has 4 heteroatoms. The van der Waals surface area contributed by atoms with Crippen molar-refractivity contribution in [2.24, 2.45) is 5.73 Å². The summed E-state index contributed by atoms with van der Waals surface area (Å²) in [5, 5.41) is 0.670. The van der Waals surface area contributed by atoms with Crippen LogP contribution in [0, 0.1) is 0 Å². The minimum atomic E-state index is -0.256. The zero-order valence-electron chi connectivity index (χ0n) is 11.4. The van der Waals surface area contributed by atoms with Crippen LogP contribution in [0.5, 0.6) is 5.75 Å². The van der Waals surface area contributed by atoms with Crippen LogP contribution in [0.1, 0.15) is 31.0 Å². The number of hydrogen-bond acceptors (Lipinski definition) is 2. The average Bonchev–Trinajstić information content (AvgIpc) is 2.41. The van der Waals surface area contributed by atoms with Crippen LogP contribution in [0.25, 0.3) is 0 Å². The van der Waals surface area contributed by atoms with Crippen LogP contribution < -0.4 is 10.5 Å². The molecule has 0 aliphatic carbocycles. The van der Waals surface area contributed by atoms with E-state index < -0.39 is 0 Å². The van der Waals surface area contributed by atoms with E-state index in [-0.39, 0.29) is 12.1 Å². The van der Waals surface area contributed by atoms with Gasteiger partial charge < -0.3 is 10.5 Å². The van der Waals surface area contributed by atoms with Gasteiger partial charge in [0.1, 0.15) is 5.75 Å². The van der Waals surface area contributed by atoms with Crippen LogP contribution in [0.15, 0.2) is 46.9 Å². The summed E-state index contributed by atoms with van der Waals surface area (Å²) in [5.74, 6) is 0.844. The topological polar surface area (TPSA) is 35.2 Å². The summed E-state index contributed by atoms with van der Waals surface area (Å²) in [4.78, 5) is 0. The lowest BCUT2D eigenvalue weighted by molar-refractivity contribution is 0.242. The summed E-state index contributed by atoms with van der Waals surface area (Å²) in [6.45, 7) is 4.00. The number of benzene rings is 2. The van der Waals surface area contributed by atoms with Gasteiger partial charge in [-0.2, -0.15) is 0 Å². The largest absolute Gasteiger partial charge is 0.491 e. The lowest BCUT2D eigenvalue weighted by atomic mass is 9.99. The molecule has 0 aromatic heterocycles. The van der Waals surface area contributed by atoms with Gasteiger partial charge in [0, 0.05) is 9.50 Å². The van der Waals surface area contributed by atoms with Gasteiger partial charge in [-0.1, -0.05) is 39.7 Å². The van der Waals surface area contributed by atoms with Crippen LogP contribution in [-0.2, 0) is 0 Å². The van der Waals surface area contributed by atoms with Crippen LogP contribution >= 0.6 is 27.5 Å². The van der Waals surface area contributed by atoms with Crippen molar-refractivity contribution in [2.75, 3.05) is 0 Å². The number of ether oxygens (including phenoxy) is 1. The van der Waals surface area contributed by atoms with Gasteiger partial charge in [-0.3, -0.25) is 0 Å². The Labute approximate surface area is 133 Å². The predicted octanol–water partition coefficient (Wildman–Crippen LogP) is 4.94. The zero-order chi connectivity index (χ0) is 14.7. The van der Waals surface area contributed by atoms with E-state index in [0.717, 1.165) is 21.3 Å². The number of rotatable bonds is 4. The van der Waals surface area contributed by atoms with Gasteiger partial charge in [0.15, 0.2) is 0 Å². The summed E-state index contributed by atoms with van der Waals surface area (Å²) >= 11 is 9.66. The Balaban J connectivity index is 2.24. The van der Waals surface area contributed by atoms with Crippen molar-refractivity contribution >= 4 is 27.5 Å². The molecule has 0 radical (unpaired) electrons. The van der Waals surface area contributed by atoms with E-state index >= 15 is 0 Å². The fourth-order valence-electron chi connectivity index (χ4n) is 1.96. The van der Waals surface area contributed by atoms with Crippen LogP contribution in [0.4, 0.5) is 0 Å². The molecule has 0 amide bonds. The summed E-state index contributed by atoms with van der Waals surface area (Å²) in [6.07, 6.45) is 0.161. The molecular weight excluding hydrogens is 338 g/mol. The highest BCUT2D eigenvalue weighted by molar-refractivity contribution is 9.10. The van der Waals surface area contributed by atoms with Gasteiger partial charge >= 0.3 is 0 Å². The van der Waals surface area contributed by atoms with E-state index in [4.69, 9.17) is 22.1 Å². The molecule has 1 unspecified atom stereocenters. The fraction of sp³-hybridized carbons (Fsp3) is 0.250. The second kappa shape index (κ2) is 6.61. The van der Waals surface area contributed by atoms with E-state index in [2.05, 4.69) is 15.9 Å². The predicted molar refractivity (Wildman–Crippen MR) is 87.4 cm³/mol. The van der Waals surface area contributed by atoms with E-state index in [0.29, 0.717) is 5.02 Å². The van der Waals surface area contributed by atoms with Crippen molar-refractivity contribution in [1.29, 1.82) is 0 Å². The first-order valence-electron chi connectivity index (χ1n) is 6.44. The van der Waals surface area contributed by atoms with Gasteiger partial charge in [0.25, 0.3) is 0 Å². The summed E-state index contributed by atoms with van der Waals surface area (Å²) in [7, 11) is 0. The van der Waals surface area contributed by atoms with E-state index in [1.165, 1.54) is 0 Å². The molecule has 2 N–H and O–H groups in total. The third-order valence-electron chi connectivity index (χ3n) is 2.90. The maximum Gasteiger partial charge on any atom is 0.119 e. The first kappa shape index (κ1) is 15.4. The minimum absolute atomic E-state index is 0.161. The molecule has 1 atom stereocenters. The first-order valence-corrected chi connectivity index (χ1v) is 7.61. The SMILES string of the molecule is CC(C)Oc1ccc(C(N)c2cc(Br)ccc2Cl)cc1. The highest BCUT2D eigenvalue weighted by Crippen LogP contribution is 2.30. The van der Waals surface area contributed by atoms with Crippen molar-refractivity contribution in [3.05, 3.63) is 63.1 Å².